The van der Waals surface area contributed by atoms with E-state index in [1.165, 1.54) is 11.1 Å². The number of aryl methyl sites for hydroxylation is 1. The molecule has 5 rings (SSSR count). The van der Waals surface area contributed by atoms with Crippen molar-refractivity contribution >= 4 is 29.7 Å². The Bertz CT molecular complexity index is 1010. The molecule has 1 unspecified atom stereocenters. The summed E-state index contributed by atoms with van der Waals surface area (Å²) in [6.45, 7) is 5.24. The van der Waals surface area contributed by atoms with Crippen molar-refractivity contribution in [3.8, 4) is 5.75 Å². The zero-order valence-corrected chi connectivity index (χ0v) is 19.4. The fraction of sp³-hybridized carbons (Fsp3) is 0.440. The van der Waals surface area contributed by atoms with Gasteiger partial charge in [-0.2, -0.15) is 5.10 Å². The molecular formula is C25H29ClFN3O3. The van der Waals surface area contributed by atoms with E-state index in [0.29, 0.717) is 18.7 Å². The summed E-state index contributed by atoms with van der Waals surface area (Å²) >= 11 is 0. The number of benzene rings is 2. The van der Waals surface area contributed by atoms with Crippen molar-refractivity contribution in [3.63, 3.8) is 0 Å². The van der Waals surface area contributed by atoms with Gasteiger partial charge < -0.3 is 9.47 Å². The molecule has 33 heavy (non-hydrogen) atoms. The van der Waals surface area contributed by atoms with E-state index in [9.17, 15) is 9.18 Å². The molecule has 8 heteroatoms. The Morgan fingerprint density at radius 3 is 2.70 bits per heavy atom. The number of hydrogen-bond acceptors (Lipinski definition) is 5. The van der Waals surface area contributed by atoms with E-state index in [0.717, 1.165) is 74.7 Å². The number of amides is 1. The van der Waals surface area contributed by atoms with Gasteiger partial charge in [0.1, 0.15) is 11.6 Å². The van der Waals surface area contributed by atoms with E-state index in [2.05, 4.69) is 10.0 Å². The SMILES string of the molecule is Cl.O=C1CC2CCc3ccc(F)cc3C2=NN1c1ccc(OCCCN2CCOCC2)cc1. The first-order chi connectivity index (χ1) is 15.7. The third-order valence-electron chi connectivity index (χ3n) is 6.43. The molecule has 1 atom stereocenters. The van der Waals surface area contributed by atoms with Crippen LogP contribution in [0.15, 0.2) is 47.6 Å². The van der Waals surface area contributed by atoms with E-state index in [1.807, 2.05) is 30.3 Å². The molecule has 1 fully saturated rings. The molecule has 0 radical (unpaired) electrons. The number of nitrogens with zero attached hydrogens (tertiary/aromatic N) is 3. The monoisotopic (exact) mass is 473 g/mol. The third-order valence-corrected chi connectivity index (χ3v) is 6.43. The number of anilines is 1. The number of morpholine rings is 1. The maximum atomic E-state index is 13.9. The minimum absolute atomic E-state index is 0. The number of ether oxygens (including phenoxy) is 2. The highest BCUT2D eigenvalue weighted by atomic mass is 35.5. The van der Waals surface area contributed by atoms with Crippen LogP contribution in [0, 0.1) is 11.7 Å². The number of hydrogen-bond donors (Lipinski definition) is 0. The van der Waals surface area contributed by atoms with Crippen LogP contribution >= 0.6 is 12.4 Å². The lowest BCUT2D eigenvalue weighted by Crippen LogP contribution is -2.39. The second-order valence-electron chi connectivity index (χ2n) is 8.58. The highest BCUT2D eigenvalue weighted by Crippen LogP contribution is 2.34. The van der Waals surface area contributed by atoms with Crippen molar-refractivity contribution in [2.45, 2.75) is 25.7 Å². The Labute approximate surface area is 199 Å². The fourth-order valence-corrected chi connectivity index (χ4v) is 4.67. The highest BCUT2D eigenvalue weighted by Gasteiger charge is 2.34. The average molecular weight is 474 g/mol. The van der Waals surface area contributed by atoms with Crippen molar-refractivity contribution in [1.29, 1.82) is 0 Å². The van der Waals surface area contributed by atoms with Gasteiger partial charge >= 0.3 is 0 Å². The number of halogens is 2. The Morgan fingerprint density at radius 1 is 1.12 bits per heavy atom. The first-order valence-electron chi connectivity index (χ1n) is 11.4. The van der Waals surface area contributed by atoms with E-state index < -0.39 is 0 Å². The Morgan fingerprint density at radius 2 is 1.91 bits per heavy atom. The summed E-state index contributed by atoms with van der Waals surface area (Å²) in [6.07, 6.45) is 3.07. The van der Waals surface area contributed by atoms with Gasteiger partial charge in [-0.25, -0.2) is 9.40 Å². The van der Waals surface area contributed by atoms with Gasteiger partial charge in [0, 0.05) is 37.5 Å². The van der Waals surface area contributed by atoms with Gasteiger partial charge in [0.2, 0.25) is 5.91 Å². The van der Waals surface area contributed by atoms with E-state index >= 15 is 0 Å². The summed E-state index contributed by atoms with van der Waals surface area (Å²) in [5.74, 6) is 0.529. The summed E-state index contributed by atoms with van der Waals surface area (Å²) in [4.78, 5) is 15.2. The van der Waals surface area contributed by atoms with Crippen LogP contribution in [0.5, 0.6) is 5.75 Å². The third kappa shape index (κ3) is 5.37. The predicted octanol–water partition coefficient (Wildman–Crippen LogP) is 4.05. The smallest absolute Gasteiger partial charge is 0.248 e. The quantitative estimate of drug-likeness (QED) is 0.594. The van der Waals surface area contributed by atoms with Gasteiger partial charge in [-0.3, -0.25) is 9.69 Å². The maximum absolute atomic E-state index is 13.9. The molecule has 0 bridgehead atoms. The summed E-state index contributed by atoms with van der Waals surface area (Å²) in [5, 5.41) is 6.12. The van der Waals surface area contributed by atoms with Gasteiger partial charge in [-0.1, -0.05) is 6.07 Å². The van der Waals surface area contributed by atoms with E-state index in [4.69, 9.17) is 9.47 Å². The molecule has 2 aliphatic heterocycles. The second kappa shape index (κ2) is 10.6. The number of carbonyl (C=O) groups excluding carboxylic acids is 1. The number of hydrazone groups is 1. The molecule has 2 aromatic carbocycles. The summed E-state index contributed by atoms with van der Waals surface area (Å²) in [7, 11) is 0. The predicted molar refractivity (Wildman–Crippen MR) is 128 cm³/mol. The van der Waals surface area contributed by atoms with Crippen LogP contribution in [0.1, 0.15) is 30.4 Å². The fourth-order valence-electron chi connectivity index (χ4n) is 4.67. The van der Waals surface area contributed by atoms with Crippen molar-refractivity contribution < 1.29 is 18.7 Å². The van der Waals surface area contributed by atoms with Crippen molar-refractivity contribution in [2.24, 2.45) is 11.0 Å². The molecule has 6 nitrogen and oxygen atoms in total. The standard InChI is InChI=1S/C25H28FN3O3.ClH/c26-20-5-4-18-2-3-19-16-24(30)29(27-25(19)23(18)17-20)21-6-8-22(9-7-21)32-13-1-10-28-11-14-31-15-12-28;/h4-9,17,19H,1-3,10-16H2;1H. The zero-order chi connectivity index (χ0) is 21.9. The van der Waals surface area contributed by atoms with Gasteiger partial charge in [-0.05, 0) is 61.2 Å². The van der Waals surface area contributed by atoms with Crippen LogP contribution in [0.3, 0.4) is 0 Å². The van der Waals surface area contributed by atoms with Gasteiger partial charge in [0.15, 0.2) is 0 Å². The summed E-state index contributed by atoms with van der Waals surface area (Å²) in [5.41, 5.74) is 3.44. The van der Waals surface area contributed by atoms with Crippen LogP contribution < -0.4 is 9.75 Å². The lowest BCUT2D eigenvalue weighted by Gasteiger charge is -2.33. The van der Waals surface area contributed by atoms with Gasteiger partial charge in [0.05, 0.1) is 31.2 Å². The number of carbonyl (C=O) groups is 1. The van der Waals surface area contributed by atoms with Crippen LogP contribution in [0.4, 0.5) is 10.1 Å². The minimum Gasteiger partial charge on any atom is -0.494 e. The number of rotatable bonds is 6. The van der Waals surface area contributed by atoms with Crippen LogP contribution in [0.25, 0.3) is 0 Å². The van der Waals surface area contributed by atoms with Crippen LogP contribution in [-0.2, 0) is 16.0 Å². The van der Waals surface area contributed by atoms with Crippen LogP contribution in [0.2, 0.25) is 0 Å². The Hall–Kier alpha value is -2.48. The van der Waals surface area contributed by atoms with Gasteiger partial charge in [0.25, 0.3) is 0 Å². The molecule has 1 saturated heterocycles. The molecule has 2 heterocycles. The van der Waals surface area contributed by atoms with Crippen molar-refractivity contribution in [3.05, 3.63) is 59.4 Å². The van der Waals surface area contributed by atoms with Crippen molar-refractivity contribution in [1.82, 2.24) is 4.90 Å². The molecule has 3 aliphatic rings. The first-order valence-corrected chi connectivity index (χ1v) is 11.4. The highest BCUT2D eigenvalue weighted by molar-refractivity contribution is 6.11. The van der Waals surface area contributed by atoms with Crippen molar-refractivity contribution in [2.75, 3.05) is 44.5 Å². The van der Waals surface area contributed by atoms with Gasteiger partial charge in [-0.15, -0.1) is 12.4 Å². The largest absolute Gasteiger partial charge is 0.494 e. The average Bonchev–Trinajstić information content (AvgIpc) is 2.82. The lowest BCUT2D eigenvalue weighted by atomic mass is 9.79. The van der Waals surface area contributed by atoms with E-state index in [1.54, 1.807) is 6.07 Å². The molecule has 0 N–H and O–H groups in total. The van der Waals surface area contributed by atoms with Crippen LogP contribution in [-0.4, -0.2) is 56.0 Å². The Kier molecular flexibility index (Phi) is 7.63. The number of fused-ring (bicyclic) bond motifs is 3. The molecule has 0 spiro atoms. The second-order valence-corrected chi connectivity index (χ2v) is 8.58. The summed E-state index contributed by atoms with van der Waals surface area (Å²) in [6, 6.07) is 12.3. The molecule has 2 aromatic rings. The molecule has 1 amide bonds. The lowest BCUT2D eigenvalue weighted by molar-refractivity contribution is -0.119. The first kappa shape index (κ1) is 23.7. The molecule has 0 saturated carbocycles. The maximum Gasteiger partial charge on any atom is 0.248 e. The minimum atomic E-state index is -0.273. The molecular weight excluding hydrogens is 445 g/mol. The van der Waals surface area contributed by atoms with E-state index in [-0.39, 0.29) is 30.0 Å². The summed E-state index contributed by atoms with van der Waals surface area (Å²) < 4.78 is 25.1. The molecule has 176 valence electrons. The zero-order valence-electron chi connectivity index (χ0n) is 18.5. The molecule has 1 aliphatic carbocycles. The molecule has 0 aromatic heterocycles. The topological polar surface area (TPSA) is 54.4 Å². The normalized spacial score (nSPS) is 20.4. The Balaban J connectivity index is 0.00000259.